The molecule has 2 heterocycles. The molecule has 27 heavy (non-hydrogen) atoms. The van der Waals surface area contributed by atoms with E-state index in [2.05, 4.69) is 16.5 Å². The fourth-order valence-electron chi connectivity index (χ4n) is 3.68. The summed E-state index contributed by atoms with van der Waals surface area (Å²) >= 11 is 0. The van der Waals surface area contributed by atoms with E-state index in [-0.39, 0.29) is 11.7 Å². The number of aromatic nitrogens is 2. The lowest BCUT2D eigenvalue weighted by Crippen LogP contribution is -2.45. The first-order chi connectivity index (χ1) is 12.8. The van der Waals surface area contributed by atoms with Gasteiger partial charge in [0.05, 0.1) is 5.56 Å². The number of carbonyl (C=O) groups excluding carboxylic acids is 1. The number of hydrogen-bond acceptors (Lipinski definition) is 2. The van der Waals surface area contributed by atoms with E-state index in [1.54, 1.807) is 18.3 Å². The minimum Gasteiger partial charge on any atom is -0.347 e. The zero-order chi connectivity index (χ0) is 19.2. The predicted octanol–water partition coefficient (Wildman–Crippen LogP) is 4.34. The number of fused-ring (bicyclic) bond motifs is 1. The van der Waals surface area contributed by atoms with E-state index in [1.165, 1.54) is 24.5 Å². The quantitative estimate of drug-likeness (QED) is 0.731. The fourth-order valence-corrected chi connectivity index (χ4v) is 3.68. The average Bonchev–Trinajstić information content (AvgIpc) is 3.40. The lowest BCUT2D eigenvalue weighted by atomic mass is 9.94. The van der Waals surface area contributed by atoms with Crippen LogP contribution in [-0.2, 0) is 13.5 Å². The summed E-state index contributed by atoms with van der Waals surface area (Å²) in [7, 11) is 1.98. The van der Waals surface area contributed by atoms with Crippen LogP contribution in [0.25, 0.3) is 11.0 Å². The summed E-state index contributed by atoms with van der Waals surface area (Å²) in [6, 6.07) is 8.61. The van der Waals surface area contributed by atoms with Crippen LogP contribution in [0, 0.1) is 5.82 Å². The second kappa shape index (κ2) is 6.48. The maximum Gasteiger partial charge on any atom is 0.253 e. The maximum atomic E-state index is 14.0. The number of halogens is 1. The van der Waals surface area contributed by atoms with Crippen LogP contribution >= 0.6 is 0 Å². The van der Waals surface area contributed by atoms with Crippen molar-refractivity contribution in [2.75, 3.05) is 0 Å². The van der Waals surface area contributed by atoms with Crippen LogP contribution in [0.1, 0.15) is 54.1 Å². The van der Waals surface area contributed by atoms with Gasteiger partial charge in [-0.2, -0.15) is 0 Å². The third-order valence-electron chi connectivity index (χ3n) is 5.17. The van der Waals surface area contributed by atoms with E-state index in [1.807, 2.05) is 37.6 Å². The molecule has 1 aliphatic carbocycles. The molecule has 0 atom stereocenters. The third-order valence-corrected chi connectivity index (χ3v) is 5.17. The summed E-state index contributed by atoms with van der Waals surface area (Å²) < 4.78 is 16.0. The highest BCUT2D eigenvalue weighted by molar-refractivity contribution is 5.98. The Balaban J connectivity index is 1.57. The van der Waals surface area contributed by atoms with Crippen LogP contribution in [0.2, 0.25) is 0 Å². The average molecular weight is 365 g/mol. The number of nitrogens with zero attached hydrogens (tertiary/aromatic N) is 2. The Hall–Kier alpha value is -2.69. The number of amides is 1. The van der Waals surface area contributed by atoms with Crippen LogP contribution in [0.3, 0.4) is 0 Å². The van der Waals surface area contributed by atoms with Crippen molar-refractivity contribution in [1.82, 2.24) is 14.9 Å². The largest absolute Gasteiger partial charge is 0.347 e. The van der Waals surface area contributed by atoms with E-state index in [0.717, 1.165) is 11.0 Å². The topological polar surface area (TPSA) is 46.9 Å². The number of aryl methyl sites for hydroxylation is 1. The second-order valence-corrected chi connectivity index (χ2v) is 8.17. The van der Waals surface area contributed by atoms with Gasteiger partial charge in [-0.15, -0.1) is 0 Å². The molecule has 1 fully saturated rings. The van der Waals surface area contributed by atoms with E-state index in [9.17, 15) is 9.18 Å². The maximum absolute atomic E-state index is 14.0. The van der Waals surface area contributed by atoms with E-state index < -0.39 is 5.54 Å². The molecule has 1 saturated carbocycles. The number of nitrogens with one attached hydrogen (secondary N) is 1. The smallest absolute Gasteiger partial charge is 0.253 e. The molecule has 0 unspecified atom stereocenters. The summed E-state index contributed by atoms with van der Waals surface area (Å²) in [4.78, 5) is 17.3. The zero-order valence-corrected chi connectivity index (χ0v) is 15.9. The Bertz CT molecular complexity index is 1020. The number of benzene rings is 1. The van der Waals surface area contributed by atoms with Crippen molar-refractivity contribution in [1.29, 1.82) is 0 Å². The number of hydrogen-bond donors (Lipinski definition) is 1. The molecule has 140 valence electrons. The van der Waals surface area contributed by atoms with Gasteiger partial charge in [-0.05, 0) is 62.3 Å². The first-order valence-electron chi connectivity index (χ1n) is 9.35. The van der Waals surface area contributed by atoms with Gasteiger partial charge in [0.2, 0.25) is 0 Å². The molecule has 4 nitrogen and oxygen atoms in total. The fraction of sp³-hybridized carbons (Fsp3) is 0.364. The molecule has 0 saturated heterocycles. The number of pyridine rings is 1. The Labute approximate surface area is 158 Å². The van der Waals surface area contributed by atoms with Gasteiger partial charge < -0.3 is 9.88 Å². The summed E-state index contributed by atoms with van der Waals surface area (Å²) in [5.41, 5.74) is 2.73. The Morgan fingerprint density at radius 1 is 1.33 bits per heavy atom. The standard InChI is InChI=1S/C22H24FN3O/c1-22(2,11-15-6-4-5-7-19(15)23)25-21(27)16-10-17-18(14-8-9-14)13-26(3)20(17)24-12-16/h4-7,10,12-14H,8-9,11H2,1-3H3,(H,25,27). The van der Waals surface area contributed by atoms with Gasteiger partial charge in [-0.1, -0.05) is 18.2 Å². The Morgan fingerprint density at radius 2 is 2.07 bits per heavy atom. The molecular weight excluding hydrogens is 341 g/mol. The molecule has 3 aromatic rings. The molecule has 0 bridgehead atoms. The van der Waals surface area contributed by atoms with Gasteiger partial charge in [0.1, 0.15) is 11.5 Å². The molecule has 0 aliphatic heterocycles. The number of rotatable bonds is 5. The highest BCUT2D eigenvalue weighted by Crippen LogP contribution is 2.43. The zero-order valence-electron chi connectivity index (χ0n) is 15.9. The first kappa shape index (κ1) is 17.7. The highest BCUT2D eigenvalue weighted by Gasteiger charge is 2.28. The van der Waals surface area contributed by atoms with Crippen molar-refractivity contribution in [3.8, 4) is 0 Å². The van der Waals surface area contributed by atoms with Gasteiger partial charge in [-0.25, -0.2) is 9.37 Å². The SMILES string of the molecule is Cn1cc(C2CC2)c2cc(C(=O)NC(C)(C)Cc3ccccc3F)cnc21. The van der Waals surface area contributed by atoms with Crippen molar-refractivity contribution in [3.05, 3.63) is 65.2 Å². The van der Waals surface area contributed by atoms with Gasteiger partial charge in [0.25, 0.3) is 5.91 Å². The first-order valence-corrected chi connectivity index (χ1v) is 9.35. The minimum atomic E-state index is -0.579. The molecule has 2 aromatic heterocycles. The van der Waals surface area contributed by atoms with Crippen molar-refractivity contribution in [3.63, 3.8) is 0 Å². The van der Waals surface area contributed by atoms with Crippen LogP contribution < -0.4 is 5.32 Å². The molecule has 1 N–H and O–H groups in total. The predicted molar refractivity (Wildman–Crippen MR) is 104 cm³/mol. The van der Waals surface area contributed by atoms with E-state index in [0.29, 0.717) is 23.5 Å². The van der Waals surface area contributed by atoms with Crippen molar-refractivity contribution in [2.24, 2.45) is 7.05 Å². The van der Waals surface area contributed by atoms with Crippen LogP contribution in [0.5, 0.6) is 0 Å². The van der Waals surface area contributed by atoms with Crippen molar-refractivity contribution < 1.29 is 9.18 Å². The molecule has 5 heteroatoms. The monoisotopic (exact) mass is 365 g/mol. The number of carbonyl (C=O) groups is 1. The summed E-state index contributed by atoms with van der Waals surface area (Å²) in [5, 5.41) is 4.09. The summed E-state index contributed by atoms with van der Waals surface area (Å²) in [6.45, 7) is 3.81. The molecule has 4 rings (SSSR count). The highest BCUT2D eigenvalue weighted by atomic mass is 19.1. The van der Waals surface area contributed by atoms with E-state index in [4.69, 9.17) is 0 Å². The minimum absolute atomic E-state index is 0.184. The van der Waals surface area contributed by atoms with Gasteiger partial charge in [-0.3, -0.25) is 4.79 Å². The lowest BCUT2D eigenvalue weighted by molar-refractivity contribution is 0.0912. The van der Waals surface area contributed by atoms with Gasteiger partial charge >= 0.3 is 0 Å². The second-order valence-electron chi connectivity index (χ2n) is 8.17. The summed E-state index contributed by atoms with van der Waals surface area (Å²) in [5.74, 6) is 0.156. The molecule has 0 spiro atoms. The molecule has 1 amide bonds. The van der Waals surface area contributed by atoms with Gasteiger partial charge in [0.15, 0.2) is 0 Å². The van der Waals surface area contributed by atoms with Crippen LogP contribution in [0.15, 0.2) is 42.7 Å². The van der Waals surface area contributed by atoms with Crippen molar-refractivity contribution >= 4 is 16.9 Å². The molecule has 1 aromatic carbocycles. The van der Waals surface area contributed by atoms with Crippen LogP contribution in [-0.4, -0.2) is 21.0 Å². The van der Waals surface area contributed by atoms with Crippen LogP contribution in [0.4, 0.5) is 4.39 Å². The Morgan fingerprint density at radius 3 is 2.78 bits per heavy atom. The molecule has 0 radical (unpaired) electrons. The third kappa shape index (κ3) is 3.59. The summed E-state index contributed by atoms with van der Waals surface area (Å²) in [6.07, 6.45) is 6.56. The normalized spacial score (nSPS) is 14.5. The van der Waals surface area contributed by atoms with E-state index >= 15 is 0 Å². The lowest BCUT2D eigenvalue weighted by Gasteiger charge is -2.26. The molecule has 1 aliphatic rings. The Kier molecular flexibility index (Phi) is 4.25. The van der Waals surface area contributed by atoms with Gasteiger partial charge in [0, 0.05) is 30.4 Å². The molecular formula is C22H24FN3O. The van der Waals surface area contributed by atoms with Crippen molar-refractivity contribution in [2.45, 2.75) is 44.6 Å².